The lowest BCUT2D eigenvalue weighted by Crippen LogP contribution is -2.08. The highest BCUT2D eigenvalue weighted by Crippen LogP contribution is 2.42. The van der Waals surface area contributed by atoms with Crippen molar-refractivity contribution in [1.82, 2.24) is 47.3 Å². The van der Waals surface area contributed by atoms with Gasteiger partial charge in [0.25, 0.3) is 0 Å². The Morgan fingerprint density at radius 2 is 0.388 bits per heavy atom. The zero-order chi connectivity index (χ0) is 94.6. The molecule has 0 bridgehead atoms. The molecule has 10 heteroatoms. The van der Waals surface area contributed by atoms with Crippen LogP contribution in [0.5, 0.6) is 0 Å². The molecule has 5 aromatic heterocycles. The summed E-state index contributed by atoms with van der Waals surface area (Å²) < 4.78 is 11.5. The molecule has 0 saturated heterocycles. The van der Waals surface area contributed by atoms with Crippen molar-refractivity contribution in [2.45, 2.75) is 104 Å². The van der Waals surface area contributed by atoms with E-state index < -0.39 is 0 Å². The lowest BCUT2D eigenvalue weighted by Gasteiger charge is -2.08. The summed E-state index contributed by atoms with van der Waals surface area (Å²) in [7, 11) is 31.3. The Labute approximate surface area is 773 Å². The van der Waals surface area contributed by atoms with Gasteiger partial charge < -0.3 is 47.3 Å². The van der Waals surface area contributed by atoms with Crippen LogP contribution < -0.4 is 0 Å². The van der Waals surface area contributed by atoms with E-state index >= 15 is 0 Å². The van der Waals surface area contributed by atoms with Crippen LogP contribution in [-0.4, -0.2) is 151 Å². The van der Waals surface area contributed by atoms with Gasteiger partial charge in [0, 0.05) is 144 Å². The van der Waals surface area contributed by atoms with Crippen molar-refractivity contribution in [3.8, 4) is 0 Å². The van der Waals surface area contributed by atoms with E-state index in [4.69, 9.17) is 0 Å². The van der Waals surface area contributed by atoms with Crippen LogP contribution in [0, 0.1) is 0 Å². The average molecular weight is 1720 g/mol. The molecule has 0 radical (unpaired) electrons. The highest BCUT2D eigenvalue weighted by atomic mass is 15.1. The highest BCUT2D eigenvalue weighted by molar-refractivity contribution is 6.32. The molecule has 5 heterocycles. The third-order valence-electron chi connectivity index (χ3n) is 23.1. The molecular formula is C119H152N10. The first kappa shape index (κ1) is 104. The van der Waals surface area contributed by atoms with Gasteiger partial charge in [0.05, 0.1) is 11.0 Å². The van der Waals surface area contributed by atoms with Gasteiger partial charge in [0.1, 0.15) is 0 Å². The Morgan fingerprint density at radius 3 is 0.767 bits per heavy atom. The van der Waals surface area contributed by atoms with Gasteiger partial charge in [-0.15, -0.1) is 0 Å². The van der Waals surface area contributed by atoms with Crippen molar-refractivity contribution in [1.29, 1.82) is 0 Å². The van der Waals surface area contributed by atoms with Crippen LogP contribution >= 0.6 is 0 Å². The van der Waals surface area contributed by atoms with Gasteiger partial charge >= 0.3 is 0 Å². The van der Waals surface area contributed by atoms with E-state index in [1.165, 1.54) is 174 Å². The molecule has 0 amide bonds. The first-order chi connectivity index (χ1) is 62.6. The lowest BCUT2D eigenvalue weighted by atomic mass is 9.97. The highest BCUT2D eigenvalue weighted by Gasteiger charge is 2.18. The molecule has 0 aliphatic rings. The Balaban J connectivity index is 0.000000203. The van der Waals surface area contributed by atoms with Crippen molar-refractivity contribution in [3.05, 3.63) is 315 Å². The van der Waals surface area contributed by atoms with Crippen LogP contribution in [0.2, 0.25) is 0 Å². The number of hydrogen-bond acceptors (Lipinski definition) is 5. The largest absolute Gasteiger partial charge is 0.344 e. The second-order valence-electron chi connectivity index (χ2n) is 31.9. The number of aromatic nitrogens is 5. The van der Waals surface area contributed by atoms with Gasteiger partial charge in [-0.05, 0) is 212 Å². The van der Waals surface area contributed by atoms with E-state index in [0.717, 1.165) is 32.7 Å². The Kier molecular flexibility index (Phi) is 42.2. The maximum Gasteiger partial charge on any atom is 0.0574 e. The molecule has 16 aromatic carbocycles. The number of rotatable bonds is 5. The monoisotopic (exact) mass is 1720 g/mol. The summed E-state index contributed by atoms with van der Waals surface area (Å²) in [5.41, 5.74) is 13.0. The van der Waals surface area contributed by atoms with Crippen LogP contribution in [0.25, 0.3) is 174 Å². The van der Waals surface area contributed by atoms with Gasteiger partial charge in [0.2, 0.25) is 0 Å². The fourth-order valence-electron chi connectivity index (χ4n) is 15.5. The molecule has 0 atom stereocenters. The zero-order valence-electron chi connectivity index (χ0n) is 84.0. The van der Waals surface area contributed by atoms with E-state index in [9.17, 15) is 0 Å². The summed E-state index contributed by atoms with van der Waals surface area (Å²) in [4.78, 5) is 10.6. The summed E-state index contributed by atoms with van der Waals surface area (Å²) in [5, 5.41) is 29.3. The molecule has 0 aliphatic heterocycles. The number of aryl methyl sites for hydroxylation is 5. The molecule has 0 unspecified atom stereocenters. The van der Waals surface area contributed by atoms with Gasteiger partial charge in [-0.1, -0.05) is 365 Å². The second-order valence-corrected chi connectivity index (χ2v) is 31.9. The van der Waals surface area contributed by atoms with Gasteiger partial charge in [-0.3, -0.25) is 0 Å². The van der Waals surface area contributed by atoms with E-state index in [1.54, 1.807) is 0 Å². The number of benzene rings is 16. The van der Waals surface area contributed by atoms with E-state index in [0.29, 0.717) is 0 Å². The summed E-state index contributed by atoms with van der Waals surface area (Å²) in [6.45, 7) is 36.3. The zero-order valence-corrected chi connectivity index (χ0v) is 84.0. The first-order valence-electron chi connectivity index (χ1n) is 47.0. The Morgan fingerprint density at radius 1 is 0.163 bits per heavy atom. The van der Waals surface area contributed by atoms with E-state index in [-0.39, 0.29) is 0 Å². The second kappa shape index (κ2) is 52.4. The first-order valence-corrected chi connectivity index (χ1v) is 47.0. The molecule has 0 saturated carbocycles. The predicted octanol–water partition coefficient (Wildman–Crippen LogP) is 31.5. The van der Waals surface area contributed by atoms with Gasteiger partial charge in [-0.2, -0.15) is 0 Å². The minimum atomic E-state index is 1.14. The third kappa shape index (κ3) is 24.9. The number of para-hydroxylation sites is 5. The fourth-order valence-corrected chi connectivity index (χ4v) is 15.5. The smallest absolute Gasteiger partial charge is 0.0574 e. The number of hydrogen-bond donors (Lipinski definition) is 0. The molecule has 678 valence electrons. The SMILES string of the molecule is CC.CC.CC.CC.CC.CCN(C)C.CCN(C)C.CCN(C)C.CCN(C)C.CCN(C)C.Cn1c2ccccc2c2c3ccccc3c3ccccc3c21.Cn1c2ccccc2c2c3ccccc3ccc21.Cn1c2ccccc2c2c3ccccc3ccc21.Cn1c2ccccc2c2cc3ccccc3cc21.Cn1c2ccccc2c2ccc3ccccc3c21. The van der Waals surface area contributed by atoms with Crippen molar-refractivity contribution in [2.75, 3.05) is 103 Å². The molecule has 0 fully saturated rings. The lowest BCUT2D eigenvalue weighted by molar-refractivity contribution is 0.434. The number of fused-ring (bicyclic) bond motifs is 27. The maximum atomic E-state index is 2.33. The van der Waals surface area contributed by atoms with Crippen molar-refractivity contribution >= 4 is 174 Å². The minimum absolute atomic E-state index is 1.14. The minimum Gasteiger partial charge on any atom is -0.344 e. The summed E-state index contributed by atoms with van der Waals surface area (Å²) in [6, 6.07) is 113. The molecular weight excluding hydrogens is 1570 g/mol. The van der Waals surface area contributed by atoms with Crippen LogP contribution in [0.3, 0.4) is 0 Å². The third-order valence-corrected chi connectivity index (χ3v) is 23.1. The normalized spacial score (nSPS) is 10.6. The molecule has 21 rings (SSSR count). The molecule has 0 spiro atoms. The average Bonchev–Trinajstić information content (AvgIpc) is 1.58. The molecule has 21 aromatic rings. The Bertz CT molecular complexity index is 6740. The van der Waals surface area contributed by atoms with E-state index in [2.05, 4.69) is 503 Å². The quantitative estimate of drug-likeness (QED) is 0.161. The van der Waals surface area contributed by atoms with Gasteiger partial charge in [0.15, 0.2) is 0 Å². The van der Waals surface area contributed by atoms with Crippen LogP contribution in [0.4, 0.5) is 0 Å². The molecule has 10 nitrogen and oxygen atoms in total. The van der Waals surface area contributed by atoms with Gasteiger partial charge in [-0.25, -0.2) is 0 Å². The van der Waals surface area contributed by atoms with Crippen molar-refractivity contribution in [2.24, 2.45) is 35.2 Å². The Hall–Kier alpha value is -12.1. The summed E-state index contributed by atoms with van der Waals surface area (Å²) >= 11 is 0. The van der Waals surface area contributed by atoms with Crippen LogP contribution in [0.15, 0.2) is 315 Å². The molecule has 0 aliphatic carbocycles. The summed E-state index contributed by atoms with van der Waals surface area (Å²) in [5.74, 6) is 0. The number of nitrogens with zero attached hydrogens (tertiary/aromatic N) is 10. The predicted molar refractivity (Wildman–Crippen MR) is 585 cm³/mol. The topological polar surface area (TPSA) is 40.9 Å². The van der Waals surface area contributed by atoms with E-state index in [1.807, 2.05) is 69.2 Å². The van der Waals surface area contributed by atoms with Crippen LogP contribution in [0.1, 0.15) is 104 Å². The fraction of sp³-hybridized carbons (Fsp3) is 0.294. The maximum absolute atomic E-state index is 2.33. The van der Waals surface area contributed by atoms with Crippen molar-refractivity contribution < 1.29 is 0 Å². The standard InChI is InChI=1S/C21H15N.4C17H13N.5C4H11N.5C2H6/c1-22-19-13-7-6-12-18(19)20-16-10-4-2-8-14(16)15-9-3-5-11-17(15)21(20)22;1-18-16-9-5-4-8-14(16)15-10-12-6-2-3-7-13(12)11-17(15)18;1-18-16-9-5-4-8-14(16)15-11-10-12-6-2-3-7-13(12)17(15)18;2*1-18-15-9-5-4-8-14(15)17-13-7-3-2-6-12(13)10-11-16(17)18;5*1-4-5(2)3;5*1-2/h2-13H,1H3;4*2-11H,1H3;5*4H2,1-3H3;5*1-2H3. The van der Waals surface area contributed by atoms with Crippen molar-refractivity contribution in [3.63, 3.8) is 0 Å². The molecule has 129 heavy (non-hydrogen) atoms. The summed E-state index contributed by atoms with van der Waals surface area (Å²) in [6.07, 6.45) is 0. The van der Waals surface area contributed by atoms with Crippen LogP contribution in [-0.2, 0) is 35.2 Å². The molecule has 0 N–H and O–H groups in total.